The molecule has 1 aromatic carbocycles. The van der Waals surface area contributed by atoms with Crippen molar-refractivity contribution in [2.24, 2.45) is 0 Å². The van der Waals surface area contributed by atoms with Gasteiger partial charge in [0.25, 0.3) is 5.91 Å². The molecule has 0 atom stereocenters. The zero-order chi connectivity index (χ0) is 15.4. The number of hydrogen-bond donors (Lipinski definition) is 1. The number of amides is 1. The number of carbonyl (C=O) groups excluding carboxylic acids is 1. The van der Waals surface area contributed by atoms with E-state index in [0.717, 1.165) is 11.4 Å². The number of hydrogen-bond acceptors (Lipinski definition) is 4. The smallest absolute Gasteiger partial charge is 0.270 e. The summed E-state index contributed by atoms with van der Waals surface area (Å²) in [5, 5.41) is 2.84. The Morgan fingerprint density at radius 1 is 1.19 bits per heavy atom. The van der Waals surface area contributed by atoms with Crippen molar-refractivity contribution >= 4 is 17.5 Å². The van der Waals surface area contributed by atoms with Gasteiger partial charge in [0.05, 0.1) is 0 Å². The predicted molar refractivity (Wildman–Crippen MR) is 83.9 cm³/mol. The standard InChI is InChI=1S/C16H20N4O/c1-11(2)17-15(21)14-10-12(3)18-16(19-14)20(4)13-8-6-5-7-9-13/h5-11H,1-4H3,(H,17,21). The molecule has 0 aliphatic heterocycles. The maximum Gasteiger partial charge on any atom is 0.270 e. The number of aryl methyl sites for hydroxylation is 1. The summed E-state index contributed by atoms with van der Waals surface area (Å²) in [4.78, 5) is 22.7. The van der Waals surface area contributed by atoms with Gasteiger partial charge in [-0.05, 0) is 39.0 Å². The van der Waals surface area contributed by atoms with Crippen LogP contribution in [0, 0.1) is 6.92 Å². The number of para-hydroxylation sites is 1. The number of benzene rings is 1. The molecule has 0 bridgehead atoms. The van der Waals surface area contributed by atoms with Gasteiger partial charge in [-0.1, -0.05) is 18.2 Å². The Labute approximate surface area is 125 Å². The van der Waals surface area contributed by atoms with E-state index in [0.29, 0.717) is 11.6 Å². The zero-order valence-electron chi connectivity index (χ0n) is 12.8. The Balaban J connectivity index is 2.33. The first-order valence-corrected chi connectivity index (χ1v) is 6.92. The van der Waals surface area contributed by atoms with E-state index in [-0.39, 0.29) is 11.9 Å². The molecule has 0 aliphatic rings. The molecule has 1 N–H and O–H groups in total. The fourth-order valence-electron chi connectivity index (χ4n) is 1.92. The monoisotopic (exact) mass is 284 g/mol. The maximum atomic E-state index is 12.1. The molecule has 0 spiro atoms. The molecule has 0 radical (unpaired) electrons. The van der Waals surface area contributed by atoms with Gasteiger partial charge < -0.3 is 10.2 Å². The Bertz CT molecular complexity index is 625. The van der Waals surface area contributed by atoms with E-state index in [9.17, 15) is 4.79 Å². The highest BCUT2D eigenvalue weighted by Gasteiger charge is 2.14. The molecule has 5 heteroatoms. The van der Waals surface area contributed by atoms with Gasteiger partial charge in [0.15, 0.2) is 0 Å². The van der Waals surface area contributed by atoms with Crippen molar-refractivity contribution in [2.75, 3.05) is 11.9 Å². The molecular weight excluding hydrogens is 264 g/mol. The quantitative estimate of drug-likeness (QED) is 0.937. The SMILES string of the molecule is Cc1cc(C(=O)NC(C)C)nc(N(C)c2ccccc2)n1. The van der Waals surface area contributed by atoms with E-state index >= 15 is 0 Å². The Morgan fingerprint density at radius 3 is 2.48 bits per heavy atom. The molecule has 110 valence electrons. The Kier molecular flexibility index (Phi) is 4.52. The molecule has 0 fully saturated rings. The predicted octanol–water partition coefficient (Wildman–Crippen LogP) is 2.69. The average Bonchev–Trinajstić information content (AvgIpc) is 2.46. The van der Waals surface area contributed by atoms with Crippen LogP contribution in [0.25, 0.3) is 0 Å². The van der Waals surface area contributed by atoms with Gasteiger partial charge >= 0.3 is 0 Å². The van der Waals surface area contributed by atoms with Crippen LogP contribution >= 0.6 is 0 Å². The third-order valence-electron chi connectivity index (χ3n) is 2.94. The molecule has 0 saturated heterocycles. The molecule has 2 aromatic rings. The van der Waals surface area contributed by atoms with Gasteiger partial charge in [0.1, 0.15) is 5.69 Å². The lowest BCUT2D eigenvalue weighted by Gasteiger charge is -2.18. The minimum atomic E-state index is -0.182. The van der Waals surface area contributed by atoms with Crippen molar-refractivity contribution in [3.8, 4) is 0 Å². The summed E-state index contributed by atoms with van der Waals surface area (Å²) in [5.41, 5.74) is 2.11. The largest absolute Gasteiger partial charge is 0.349 e. The average molecular weight is 284 g/mol. The second kappa shape index (κ2) is 6.35. The summed E-state index contributed by atoms with van der Waals surface area (Å²) < 4.78 is 0. The molecule has 0 aliphatic carbocycles. The van der Waals surface area contributed by atoms with Crippen molar-refractivity contribution in [3.05, 3.63) is 47.8 Å². The first-order chi connectivity index (χ1) is 9.97. The lowest BCUT2D eigenvalue weighted by Crippen LogP contribution is -2.31. The molecule has 0 unspecified atom stereocenters. The van der Waals surface area contributed by atoms with E-state index in [1.807, 2.05) is 63.1 Å². The summed E-state index contributed by atoms with van der Waals surface area (Å²) in [5.74, 6) is 0.327. The van der Waals surface area contributed by atoms with Crippen LogP contribution in [-0.4, -0.2) is 29.0 Å². The minimum Gasteiger partial charge on any atom is -0.349 e. The van der Waals surface area contributed by atoms with Gasteiger partial charge in [0.2, 0.25) is 5.95 Å². The van der Waals surface area contributed by atoms with Crippen molar-refractivity contribution < 1.29 is 4.79 Å². The minimum absolute atomic E-state index is 0.0723. The van der Waals surface area contributed by atoms with Gasteiger partial charge in [0, 0.05) is 24.5 Å². The van der Waals surface area contributed by atoms with E-state index in [4.69, 9.17) is 0 Å². The van der Waals surface area contributed by atoms with Crippen molar-refractivity contribution in [3.63, 3.8) is 0 Å². The molecule has 2 rings (SSSR count). The van der Waals surface area contributed by atoms with Gasteiger partial charge in [-0.25, -0.2) is 9.97 Å². The number of aromatic nitrogens is 2. The van der Waals surface area contributed by atoms with Crippen LogP contribution in [0.1, 0.15) is 30.0 Å². The van der Waals surface area contributed by atoms with Crippen LogP contribution in [0.2, 0.25) is 0 Å². The molecule has 1 heterocycles. The first-order valence-electron chi connectivity index (χ1n) is 6.92. The van der Waals surface area contributed by atoms with E-state index in [2.05, 4.69) is 15.3 Å². The summed E-state index contributed by atoms with van der Waals surface area (Å²) in [7, 11) is 1.88. The highest BCUT2D eigenvalue weighted by atomic mass is 16.1. The molecule has 5 nitrogen and oxygen atoms in total. The van der Waals surface area contributed by atoms with Crippen LogP contribution in [-0.2, 0) is 0 Å². The van der Waals surface area contributed by atoms with Gasteiger partial charge in [-0.2, -0.15) is 0 Å². The van der Waals surface area contributed by atoms with Gasteiger partial charge in [-0.3, -0.25) is 4.79 Å². The molecule has 1 aromatic heterocycles. The number of nitrogens with zero attached hydrogens (tertiary/aromatic N) is 3. The van der Waals surface area contributed by atoms with E-state index in [1.54, 1.807) is 6.07 Å². The maximum absolute atomic E-state index is 12.1. The van der Waals surface area contributed by atoms with Gasteiger partial charge in [-0.15, -0.1) is 0 Å². The fourth-order valence-corrected chi connectivity index (χ4v) is 1.92. The first kappa shape index (κ1) is 15.0. The number of rotatable bonds is 4. The lowest BCUT2D eigenvalue weighted by atomic mass is 10.3. The second-order valence-corrected chi connectivity index (χ2v) is 5.22. The van der Waals surface area contributed by atoms with Crippen LogP contribution < -0.4 is 10.2 Å². The third kappa shape index (κ3) is 3.78. The summed E-state index contributed by atoms with van der Waals surface area (Å²) in [6.45, 7) is 5.70. The van der Waals surface area contributed by atoms with Crippen molar-refractivity contribution in [2.45, 2.75) is 26.8 Å². The van der Waals surface area contributed by atoms with Crippen LogP contribution in [0.3, 0.4) is 0 Å². The highest BCUT2D eigenvalue weighted by molar-refractivity contribution is 5.92. The molecular formula is C16H20N4O. The topological polar surface area (TPSA) is 58.1 Å². The summed E-state index contributed by atoms with van der Waals surface area (Å²) >= 11 is 0. The molecule has 1 amide bonds. The number of nitrogens with one attached hydrogen (secondary N) is 1. The number of anilines is 2. The summed E-state index contributed by atoms with van der Waals surface area (Å²) in [6.07, 6.45) is 0. The van der Waals surface area contributed by atoms with Crippen LogP contribution in [0.15, 0.2) is 36.4 Å². The van der Waals surface area contributed by atoms with E-state index in [1.165, 1.54) is 0 Å². The third-order valence-corrected chi connectivity index (χ3v) is 2.94. The molecule has 21 heavy (non-hydrogen) atoms. The Morgan fingerprint density at radius 2 is 1.86 bits per heavy atom. The van der Waals surface area contributed by atoms with Crippen molar-refractivity contribution in [1.82, 2.24) is 15.3 Å². The molecule has 0 saturated carbocycles. The fraction of sp³-hybridized carbons (Fsp3) is 0.312. The highest BCUT2D eigenvalue weighted by Crippen LogP contribution is 2.20. The summed E-state index contributed by atoms with van der Waals surface area (Å²) in [6, 6.07) is 11.6. The van der Waals surface area contributed by atoms with Crippen LogP contribution in [0.4, 0.5) is 11.6 Å². The van der Waals surface area contributed by atoms with Crippen molar-refractivity contribution in [1.29, 1.82) is 0 Å². The van der Waals surface area contributed by atoms with Crippen LogP contribution in [0.5, 0.6) is 0 Å². The second-order valence-electron chi connectivity index (χ2n) is 5.22. The number of carbonyl (C=O) groups is 1. The lowest BCUT2D eigenvalue weighted by molar-refractivity contribution is 0.0938. The normalized spacial score (nSPS) is 10.5. The van der Waals surface area contributed by atoms with E-state index < -0.39 is 0 Å². The zero-order valence-corrected chi connectivity index (χ0v) is 12.8. The Hall–Kier alpha value is -2.43.